The standard InChI is InChI=1S/C11H16N2O2/c1-8-7-12-13(2)10(8)11(4-3-5-11)6-9(14)15/h7H,3-6H2,1-2H3,(H,14,15). The molecule has 1 fully saturated rings. The first kappa shape index (κ1) is 10.2. The number of hydrogen-bond acceptors (Lipinski definition) is 2. The van der Waals surface area contributed by atoms with E-state index in [0.29, 0.717) is 0 Å². The number of hydrogen-bond donors (Lipinski definition) is 1. The van der Waals surface area contributed by atoms with Crippen molar-refractivity contribution in [1.82, 2.24) is 9.78 Å². The Morgan fingerprint density at radius 1 is 1.67 bits per heavy atom. The summed E-state index contributed by atoms with van der Waals surface area (Å²) in [7, 11) is 1.89. The van der Waals surface area contributed by atoms with Crippen molar-refractivity contribution in [3.05, 3.63) is 17.5 Å². The van der Waals surface area contributed by atoms with Crippen LogP contribution in [0.4, 0.5) is 0 Å². The Hall–Kier alpha value is -1.32. The Labute approximate surface area is 88.9 Å². The van der Waals surface area contributed by atoms with Gasteiger partial charge < -0.3 is 5.11 Å². The quantitative estimate of drug-likeness (QED) is 0.821. The highest BCUT2D eigenvalue weighted by Gasteiger charge is 2.43. The minimum absolute atomic E-state index is 0.152. The lowest BCUT2D eigenvalue weighted by atomic mass is 9.64. The molecule has 1 N–H and O–H groups in total. The number of aryl methyl sites for hydroxylation is 2. The molecule has 4 heteroatoms. The third-order valence-electron chi connectivity index (χ3n) is 3.42. The predicted molar refractivity (Wildman–Crippen MR) is 55.7 cm³/mol. The van der Waals surface area contributed by atoms with E-state index in [0.717, 1.165) is 30.5 Å². The second-order valence-electron chi connectivity index (χ2n) is 4.50. The van der Waals surface area contributed by atoms with Crippen LogP contribution in [0.3, 0.4) is 0 Å². The summed E-state index contributed by atoms with van der Waals surface area (Å²) < 4.78 is 1.83. The SMILES string of the molecule is Cc1cnn(C)c1C1(CC(=O)O)CCC1. The molecule has 82 valence electrons. The van der Waals surface area contributed by atoms with Crippen molar-refractivity contribution in [1.29, 1.82) is 0 Å². The molecule has 2 rings (SSSR count). The summed E-state index contributed by atoms with van der Waals surface area (Å²) in [5.74, 6) is -0.713. The molecule has 1 aliphatic carbocycles. The van der Waals surface area contributed by atoms with Crippen molar-refractivity contribution in [3.8, 4) is 0 Å². The molecule has 1 heterocycles. The lowest BCUT2D eigenvalue weighted by molar-refractivity contribution is -0.139. The van der Waals surface area contributed by atoms with Crippen LogP contribution in [-0.2, 0) is 17.3 Å². The van der Waals surface area contributed by atoms with Gasteiger partial charge in [0.15, 0.2) is 0 Å². The minimum Gasteiger partial charge on any atom is -0.481 e. The Bertz CT molecular complexity index is 372. The molecule has 1 saturated carbocycles. The van der Waals surface area contributed by atoms with E-state index in [1.54, 1.807) is 0 Å². The van der Waals surface area contributed by atoms with Crippen LogP contribution in [0, 0.1) is 6.92 Å². The average molecular weight is 208 g/mol. The van der Waals surface area contributed by atoms with Crippen molar-refractivity contribution in [2.45, 2.75) is 38.0 Å². The molecule has 1 aliphatic rings. The largest absolute Gasteiger partial charge is 0.481 e. The average Bonchev–Trinajstić information content (AvgIpc) is 2.40. The zero-order valence-electron chi connectivity index (χ0n) is 9.16. The first-order chi connectivity index (χ1) is 7.05. The van der Waals surface area contributed by atoms with Gasteiger partial charge in [0, 0.05) is 18.2 Å². The summed E-state index contributed by atoms with van der Waals surface area (Å²) in [6.45, 7) is 2.00. The number of aromatic nitrogens is 2. The number of carboxylic acid groups (broad SMARTS) is 1. The van der Waals surface area contributed by atoms with Gasteiger partial charge in [-0.25, -0.2) is 0 Å². The lowest BCUT2D eigenvalue weighted by Gasteiger charge is -2.41. The molecule has 0 spiro atoms. The zero-order chi connectivity index (χ0) is 11.1. The van der Waals surface area contributed by atoms with Crippen LogP contribution >= 0.6 is 0 Å². The normalized spacial score (nSPS) is 18.5. The lowest BCUT2D eigenvalue weighted by Crippen LogP contribution is -2.39. The van der Waals surface area contributed by atoms with Gasteiger partial charge in [0.05, 0.1) is 12.6 Å². The van der Waals surface area contributed by atoms with Crippen LogP contribution in [0.2, 0.25) is 0 Å². The number of aliphatic carboxylic acids is 1. The van der Waals surface area contributed by atoms with Crippen molar-refractivity contribution < 1.29 is 9.90 Å². The molecular weight excluding hydrogens is 192 g/mol. The molecular formula is C11H16N2O2. The van der Waals surface area contributed by atoms with Crippen LogP contribution in [0.5, 0.6) is 0 Å². The zero-order valence-corrected chi connectivity index (χ0v) is 9.16. The molecule has 0 unspecified atom stereocenters. The van der Waals surface area contributed by atoms with Gasteiger partial charge in [-0.1, -0.05) is 6.42 Å². The van der Waals surface area contributed by atoms with E-state index in [-0.39, 0.29) is 11.8 Å². The Morgan fingerprint density at radius 3 is 2.67 bits per heavy atom. The highest BCUT2D eigenvalue weighted by atomic mass is 16.4. The van der Waals surface area contributed by atoms with E-state index in [9.17, 15) is 4.79 Å². The molecule has 0 radical (unpaired) electrons. The van der Waals surface area contributed by atoms with Gasteiger partial charge in [0.2, 0.25) is 0 Å². The number of nitrogens with zero attached hydrogens (tertiary/aromatic N) is 2. The predicted octanol–water partition coefficient (Wildman–Crippen LogP) is 1.62. The summed E-state index contributed by atoms with van der Waals surface area (Å²) in [6.07, 6.45) is 5.11. The van der Waals surface area contributed by atoms with Gasteiger partial charge in [-0.15, -0.1) is 0 Å². The van der Waals surface area contributed by atoms with Crippen LogP contribution in [0.1, 0.15) is 36.9 Å². The second kappa shape index (κ2) is 3.36. The number of carboxylic acids is 1. The van der Waals surface area contributed by atoms with Crippen LogP contribution in [0.25, 0.3) is 0 Å². The van der Waals surface area contributed by atoms with Crippen molar-refractivity contribution in [3.63, 3.8) is 0 Å². The smallest absolute Gasteiger partial charge is 0.304 e. The molecule has 15 heavy (non-hydrogen) atoms. The third kappa shape index (κ3) is 1.54. The fraction of sp³-hybridized carbons (Fsp3) is 0.636. The minimum atomic E-state index is -0.713. The number of rotatable bonds is 3. The molecule has 0 amide bonds. The van der Waals surface area contributed by atoms with E-state index in [1.807, 2.05) is 24.9 Å². The van der Waals surface area contributed by atoms with Gasteiger partial charge >= 0.3 is 5.97 Å². The second-order valence-corrected chi connectivity index (χ2v) is 4.50. The van der Waals surface area contributed by atoms with Crippen LogP contribution in [0.15, 0.2) is 6.20 Å². The summed E-state index contributed by atoms with van der Waals surface area (Å²) in [5.41, 5.74) is 2.07. The molecule has 0 saturated heterocycles. The summed E-state index contributed by atoms with van der Waals surface area (Å²) in [4.78, 5) is 10.9. The van der Waals surface area contributed by atoms with Crippen LogP contribution in [-0.4, -0.2) is 20.9 Å². The maximum atomic E-state index is 10.9. The molecule has 1 aromatic rings. The van der Waals surface area contributed by atoms with Gasteiger partial charge in [-0.2, -0.15) is 5.10 Å². The monoisotopic (exact) mass is 208 g/mol. The first-order valence-electron chi connectivity index (χ1n) is 5.26. The van der Waals surface area contributed by atoms with E-state index in [2.05, 4.69) is 5.10 Å². The fourth-order valence-corrected chi connectivity index (χ4v) is 2.70. The van der Waals surface area contributed by atoms with Crippen molar-refractivity contribution >= 4 is 5.97 Å². The Kier molecular flexibility index (Phi) is 2.29. The highest BCUT2D eigenvalue weighted by molar-refractivity contribution is 5.69. The van der Waals surface area contributed by atoms with Crippen molar-refractivity contribution in [2.24, 2.45) is 7.05 Å². The maximum Gasteiger partial charge on any atom is 0.304 e. The molecule has 1 aromatic heterocycles. The maximum absolute atomic E-state index is 10.9. The van der Waals surface area contributed by atoms with E-state index in [1.165, 1.54) is 0 Å². The summed E-state index contributed by atoms with van der Waals surface area (Å²) in [5, 5.41) is 13.2. The van der Waals surface area contributed by atoms with Crippen molar-refractivity contribution in [2.75, 3.05) is 0 Å². The molecule has 0 aromatic carbocycles. The Balaban J connectivity index is 2.38. The summed E-state index contributed by atoms with van der Waals surface area (Å²) in [6, 6.07) is 0. The molecule has 0 atom stereocenters. The summed E-state index contributed by atoms with van der Waals surface area (Å²) >= 11 is 0. The molecule has 0 bridgehead atoms. The van der Waals surface area contributed by atoms with Gasteiger partial charge in [-0.05, 0) is 25.3 Å². The van der Waals surface area contributed by atoms with Gasteiger partial charge in [0.25, 0.3) is 0 Å². The third-order valence-corrected chi connectivity index (χ3v) is 3.42. The molecule has 4 nitrogen and oxygen atoms in total. The van der Waals surface area contributed by atoms with Gasteiger partial charge in [0.1, 0.15) is 0 Å². The highest BCUT2D eigenvalue weighted by Crippen LogP contribution is 2.47. The van der Waals surface area contributed by atoms with E-state index < -0.39 is 5.97 Å². The Morgan fingerprint density at radius 2 is 2.33 bits per heavy atom. The van der Waals surface area contributed by atoms with E-state index in [4.69, 9.17) is 5.11 Å². The van der Waals surface area contributed by atoms with E-state index >= 15 is 0 Å². The fourth-order valence-electron chi connectivity index (χ4n) is 2.70. The topological polar surface area (TPSA) is 55.1 Å². The van der Waals surface area contributed by atoms with Crippen LogP contribution < -0.4 is 0 Å². The van der Waals surface area contributed by atoms with Gasteiger partial charge in [-0.3, -0.25) is 9.48 Å². The first-order valence-corrected chi connectivity index (χ1v) is 5.26. The molecule has 0 aliphatic heterocycles. The number of carbonyl (C=O) groups is 1.